The van der Waals surface area contributed by atoms with Gasteiger partial charge in [0.2, 0.25) is 5.91 Å². The van der Waals surface area contributed by atoms with E-state index in [2.05, 4.69) is 5.32 Å². The van der Waals surface area contributed by atoms with Gasteiger partial charge in [0.1, 0.15) is 5.82 Å². The van der Waals surface area contributed by atoms with Crippen molar-refractivity contribution < 1.29 is 14.1 Å². The summed E-state index contributed by atoms with van der Waals surface area (Å²) in [6.45, 7) is 0.458. The Morgan fingerprint density at radius 3 is 2.48 bits per heavy atom. The zero-order chi connectivity index (χ0) is 16.7. The molecule has 0 aliphatic rings. The number of carbonyl (C=O) groups excluding carboxylic acids is 1. The van der Waals surface area contributed by atoms with Crippen LogP contribution >= 0.6 is 0 Å². The highest BCUT2D eigenvalue weighted by Gasteiger charge is 2.05. The molecule has 0 saturated carbocycles. The van der Waals surface area contributed by atoms with Gasteiger partial charge >= 0.3 is 0 Å². The van der Waals surface area contributed by atoms with Gasteiger partial charge in [-0.05, 0) is 36.1 Å². The number of nitro benzene ring substituents is 1. The van der Waals surface area contributed by atoms with Gasteiger partial charge in [0, 0.05) is 25.1 Å². The molecule has 2 aromatic rings. The number of nitro groups is 1. The average Bonchev–Trinajstić information content (AvgIpc) is 2.53. The van der Waals surface area contributed by atoms with Crippen LogP contribution in [0.2, 0.25) is 0 Å². The maximum atomic E-state index is 13.0. The molecule has 0 bridgehead atoms. The van der Waals surface area contributed by atoms with Crippen molar-refractivity contribution in [1.82, 2.24) is 5.32 Å². The molecule has 0 spiro atoms. The largest absolute Gasteiger partial charge is 0.356 e. The molecular formula is C17H17FN2O3. The molecule has 0 aromatic heterocycles. The first-order valence-electron chi connectivity index (χ1n) is 7.29. The minimum absolute atomic E-state index is 0.0490. The molecular weight excluding hydrogens is 299 g/mol. The summed E-state index contributed by atoms with van der Waals surface area (Å²) in [6, 6.07) is 12.4. The number of carbonyl (C=O) groups is 1. The molecule has 120 valence electrons. The number of halogens is 1. The van der Waals surface area contributed by atoms with E-state index in [-0.39, 0.29) is 17.4 Å². The van der Waals surface area contributed by atoms with E-state index in [0.717, 1.165) is 11.1 Å². The van der Waals surface area contributed by atoms with Crippen molar-refractivity contribution >= 4 is 11.6 Å². The van der Waals surface area contributed by atoms with E-state index in [1.165, 1.54) is 24.3 Å². The molecule has 2 rings (SSSR count). The van der Waals surface area contributed by atoms with Crippen molar-refractivity contribution in [2.75, 3.05) is 6.54 Å². The van der Waals surface area contributed by atoms with Crippen LogP contribution in [-0.2, 0) is 17.6 Å². The Kier molecular flexibility index (Phi) is 5.80. The second-order valence-electron chi connectivity index (χ2n) is 5.15. The fraction of sp³-hybridized carbons (Fsp3) is 0.235. The highest BCUT2D eigenvalue weighted by Crippen LogP contribution is 2.12. The Labute approximate surface area is 133 Å². The lowest BCUT2D eigenvalue weighted by molar-refractivity contribution is -0.384. The number of amides is 1. The molecule has 0 aliphatic heterocycles. The van der Waals surface area contributed by atoms with Crippen LogP contribution in [0.15, 0.2) is 48.5 Å². The van der Waals surface area contributed by atoms with Crippen molar-refractivity contribution in [1.29, 1.82) is 0 Å². The molecule has 0 heterocycles. The van der Waals surface area contributed by atoms with E-state index >= 15 is 0 Å². The molecule has 0 radical (unpaired) electrons. The van der Waals surface area contributed by atoms with Gasteiger partial charge in [-0.15, -0.1) is 0 Å². The Balaban J connectivity index is 1.71. The van der Waals surface area contributed by atoms with Crippen LogP contribution in [0, 0.1) is 15.9 Å². The zero-order valence-electron chi connectivity index (χ0n) is 12.5. The van der Waals surface area contributed by atoms with Gasteiger partial charge in [-0.25, -0.2) is 4.39 Å². The molecule has 1 N–H and O–H groups in total. The number of rotatable bonds is 7. The lowest BCUT2D eigenvalue weighted by Gasteiger charge is -2.06. The lowest BCUT2D eigenvalue weighted by atomic mass is 10.1. The van der Waals surface area contributed by atoms with Crippen LogP contribution in [0.5, 0.6) is 0 Å². The number of benzene rings is 2. The standard InChI is InChI=1S/C17H17FN2O3/c18-15-3-1-2-14(12-15)6-9-17(21)19-11-10-13-4-7-16(8-5-13)20(22)23/h1-5,7-8,12H,6,9-11H2,(H,19,21). The van der Waals surface area contributed by atoms with E-state index in [4.69, 9.17) is 0 Å². The van der Waals surface area contributed by atoms with E-state index in [0.29, 0.717) is 25.8 Å². The number of hydrogen-bond donors (Lipinski definition) is 1. The normalized spacial score (nSPS) is 10.3. The van der Waals surface area contributed by atoms with Gasteiger partial charge in [-0.1, -0.05) is 24.3 Å². The van der Waals surface area contributed by atoms with Crippen LogP contribution in [-0.4, -0.2) is 17.4 Å². The quantitative estimate of drug-likeness (QED) is 0.630. The molecule has 0 fully saturated rings. The molecule has 1 amide bonds. The highest BCUT2D eigenvalue weighted by molar-refractivity contribution is 5.76. The van der Waals surface area contributed by atoms with Gasteiger partial charge in [-0.2, -0.15) is 0 Å². The first-order chi connectivity index (χ1) is 11.0. The predicted octanol–water partition coefficient (Wildman–Crippen LogP) is 3.03. The summed E-state index contributed by atoms with van der Waals surface area (Å²) in [6.07, 6.45) is 1.38. The smallest absolute Gasteiger partial charge is 0.269 e. The summed E-state index contributed by atoms with van der Waals surface area (Å²) in [5, 5.41) is 13.3. The van der Waals surface area contributed by atoms with E-state index in [1.807, 2.05) is 0 Å². The maximum absolute atomic E-state index is 13.0. The summed E-state index contributed by atoms with van der Waals surface area (Å²) in [4.78, 5) is 21.8. The number of hydrogen-bond acceptors (Lipinski definition) is 3. The second-order valence-corrected chi connectivity index (χ2v) is 5.15. The third-order valence-corrected chi connectivity index (χ3v) is 3.41. The molecule has 0 atom stereocenters. The average molecular weight is 316 g/mol. The second kappa shape index (κ2) is 8.03. The number of non-ortho nitro benzene ring substituents is 1. The molecule has 0 saturated heterocycles. The van der Waals surface area contributed by atoms with Gasteiger partial charge < -0.3 is 5.32 Å². The van der Waals surface area contributed by atoms with Crippen molar-refractivity contribution in [3.8, 4) is 0 Å². The van der Waals surface area contributed by atoms with Gasteiger partial charge in [0.05, 0.1) is 4.92 Å². The van der Waals surface area contributed by atoms with E-state index < -0.39 is 4.92 Å². The van der Waals surface area contributed by atoms with Crippen LogP contribution in [0.25, 0.3) is 0 Å². The number of nitrogens with zero attached hydrogens (tertiary/aromatic N) is 1. The molecule has 0 aliphatic carbocycles. The highest BCUT2D eigenvalue weighted by atomic mass is 19.1. The van der Waals surface area contributed by atoms with Gasteiger partial charge in [0.15, 0.2) is 0 Å². The van der Waals surface area contributed by atoms with Crippen LogP contribution in [0.1, 0.15) is 17.5 Å². The Morgan fingerprint density at radius 1 is 1.09 bits per heavy atom. The summed E-state index contributed by atoms with van der Waals surface area (Å²) >= 11 is 0. The maximum Gasteiger partial charge on any atom is 0.269 e. The monoisotopic (exact) mass is 316 g/mol. The summed E-state index contributed by atoms with van der Waals surface area (Å²) in [5.41, 5.74) is 1.75. The SMILES string of the molecule is O=C(CCc1cccc(F)c1)NCCc1ccc([N+](=O)[O-])cc1. The molecule has 0 unspecified atom stereocenters. The predicted molar refractivity (Wildman–Crippen MR) is 84.5 cm³/mol. The Bertz CT molecular complexity index is 686. The first kappa shape index (κ1) is 16.6. The fourth-order valence-corrected chi connectivity index (χ4v) is 2.17. The van der Waals surface area contributed by atoms with Crippen molar-refractivity contribution in [2.45, 2.75) is 19.3 Å². The summed E-state index contributed by atoms with van der Waals surface area (Å²) < 4.78 is 13.0. The zero-order valence-corrected chi connectivity index (χ0v) is 12.5. The lowest BCUT2D eigenvalue weighted by Crippen LogP contribution is -2.25. The number of nitrogens with one attached hydrogen (secondary N) is 1. The summed E-state index contributed by atoms with van der Waals surface area (Å²) in [5.74, 6) is -0.405. The van der Waals surface area contributed by atoms with Gasteiger partial charge in [0.25, 0.3) is 5.69 Å². The number of aryl methyl sites for hydroxylation is 1. The molecule has 5 nitrogen and oxygen atoms in total. The van der Waals surface area contributed by atoms with Crippen molar-refractivity contribution in [3.63, 3.8) is 0 Å². The first-order valence-corrected chi connectivity index (χ1v) is 7.29. The fourth-order valence-electron chi connectivity index (χ4n) is 2.17. The Morgan fingerprint density at radius 2 is 1.83 bits per heavy atom. The summed E-state index contributed by atoms with van der Waals surface area (Å²) in [7, 11) is 0. The van der Waals surface area contributed by atoms with Gasteiger partial charge in [-0.3, -0.25) is 14.9 Å². The topological polar surface area (TPSA) is 72.2 Å². The van der Waals surface area contributed by atoms with Crippen LogP contribution < -0.4 is 5.32 Å². The van der Waals surface area contributed by atoms with E-state index in [1.54, 1.807) is 24.3 Å². The minimum Gasteiger partial charge on any atom is -0.356 e. The van der Waals surface area contributed by atoms with Crippen LogP contribution in [0.4, 0.5) is 10.1 Å². The van der Waals surface area contributed by atoms with E-state index in [9.17, 15) is 19.3 Å². The molecule has 23 heavy (non-hydrogen) atoms. The minimum atomic E-state index is -0.446. The third kappa shape index (κ3) is 5.50. The Hall–Kier alpha value is -2.76. The van der Waals surface area contributed by atoms with Crippen molar-refractivity contribution in [3.05, 3.63) is 75.6 Å². The molecule has 6 heteroatoms. The molecule has 2 aromatic carbocycles. The third-order valence-electron chi connectivity index (χ3n) is 3.41. The van der Waals surface area contributed by atoms with Crippen molar-refractivity contribution in [2.24, 2.45) is 0 Å². The van der Waals surface area contributed by atoms with Crippen LogP contribution in [0.3, 0.4) is 0 Å².